The van der Waals surface area contributed by atoms with Crippen LogP contribution in [0, 0.1) is 11.3 Å². The van der Waals surface area contributed by atoms with Gasteiger partial charge in [-0.25, -0.2) is 4.52 Å². The van der Waals surface area contributed by atoms with Gasteiger partial charge in [0.15, 0.2) is 5.01 Å². The first-order valence-electron chi connectivity index (χ1n) is 11.6. The average Bonchev–Trinajstić information content (AvgIpc) is 3.48. The zero-order chi connectivity index (χ0) is 23.2. The van der Waals surface area contributed by atoms with Gasteiger partial charge in [-0.05, 0) is 43.1 Å². The molecule has 2 atom stereocenters. The first-order chi connectivity index (χ1) is 15.8. The Bertz CT molecular complexity index is 1160. The summed E-state index contributed by atoms with van der Waals surface area (Å²) >= 11 is 1.52. The molecule has 176 valence electrons. The molecule has 1 amide bonds. The van der Waals surface area contributed by atoms with Crippen molar-refractivity contribution in [2.75, 3.05) is 23.8 Å². The van der Waals surface area contributed by atoms with Crippen molar-refractivity contribution in [1.82, 2.24) is 19.8 Å². The van der Waals surface area contributed by atoms with Crippen molar-refractivity contribution in [2.24, 2.45) is 17.1 Å². The molecule has 0 bridgehead atoms. The van der Waals surface area contributed by atoms with E-state index in [4.69, 9.17) is 10.5 Å². The minimum Gasteiger partial charge on any atom is -0.381 e. The first-order valence-corrected chi connectivity index (χ1v) is 12.4. The van der Waals surface area contributed by atoms with Crippen molar-refractivity contribution in [1.29, 1.82) is 0 Å². The molecule has 0 unspecified atom stereocenters. The number of hydrogen-bond acceptors (Lipinski definition) is 8. The maximum absolute atomic E-state index is 12.2. The van der Waals surface area contributed by atoms with Crippen LogP contribution >= 0.6 is 11.3 Å². The van der Waals surface area contributed by atoms with E-state index in [9.17, 15) is 4.79 Å². The molecule has 4 heterocycles. The molecular weight excluding hydrogens is 438 g/mol. The third-order valence-electron chi connectivity index (χ3n) is 7.50. The van der Waals surface area contributed by atoms with Gasteiger partial charge in [-0.2, -0.15) is 5.10 Å². The number of nitrogens with two attached hydrogens (primary N) is 1. The second-order valence-electron chi connectivity index (χ2n) is 9.80. The van der Waals surface area contributed by atoms with Crippen LogP contribution in [0.2, 0.25) is 0 Å². The van der Waals surface area contributed by atoms with Crippen LogP contribution in [0.25, 0.3) is 16.1 Å². The molecule has 2 fully saturated rings. The van der Waals surface area contributed by atoms with Gasteiger partial charge in [0.2, 0.25) is 5.13 Å². The van der Waals surface area contributed by atoms with Crippen LogP contribution < -0.4 is 16.4 Å². The lowest BCUT2D eigenvalue weighted by Gasteiger charge is -2.33. The highest BCUT2D eigenvalue weighted by molar-refractivity contribution is 7.18. The van der Waals surface area contributed by atoms with Gasteiger partial charge in [-0.15, -0.1) is 10.2 Å². The van der Waals surface area contributed by atoms with Crippen LogP contribution in [-0.2, 0) is 4.74 Å². The van der Waals surface area contributed by atoms with Gasteiger partial charge in [0.05, 0.1) is 23.0 Å². The lowest BCUT2D eigenvalue weighted by Crippen LogP contribution is -2.35. The second kappa shape index (κ2) is 8.57. The molecule has 2 aliphatic rings. The van der Waals surface area contributed by atoms with Gasteiger partial charge in [-0.1, -0.05) is 32.1 Å². The Morgan fingerprint density at radius 2 is 2.00 bits per heavy atom. The first kappa shape index (κ1) is 22.1. The normalized spacial score (nSPS) is 23.1. The molecule has 33 heavy (non-hydrogen) atoms. The number of nitrogens with zero attached hydrogens (tertiary/aromatic N) is 4. The van der Waals surface area contributed by atoms with Crippen molar-refractivity contribution < 1.29 is 9.53 Å². The maximum Gasteiger partial charge on any atom is 0.252 e. The topological polar surface area (TPSA) is 119 Å². The molecule has 4 N–H and O–H groups in total. The monoisotopic (exact) mass is 469 g/mol. The lowest BCUT2D eigenvalue weighted by atomic mass is 9.80. The Labute approximate surface area is 197 Å². The van der Waals surface area contributed by atoms with Gasteiger partial charge < -0.3 is 21.1 Å². The fourth-order valence-corrected chi connectivity index (χ4v) is 5.66. The summed E-state index contributed by atoms with van der Waals surface area (Å²) in [4.78, 5) is 12.2. The van der Waals surface area contributed by atoms with Crippen LogP contribution in [0.3, 0.4) is 0 Å². The minimum atomic E-state index is -0.488. The number of carbonyl (C=O) groups excluding carboxylic acids is 1. The fraction of sp³-hybridized carbons (Fsp3) is 0.565. The molecular formula is C23H31N7O2S. The van der Waals surface area contributed by atoms with E-state index in [0.717, 1.165) is 65.8 Å². The van der Waals surface area contributed by atoms with E-state index in [0.29, 0.717) is 17.5 Å². The van der Waals surface area contributed by atoms with E-state index in [1.54, 1.807) is 10.7 Å². The van der Waals surface area contributed by atoms with E-state index in [-0.39, 0.29) is 11.5 Å². The Hall–Kier alpha value is -2.72. The quantitative estimate of drug-likeness (QED) is 0.502. The second-order valence-corrected chi connectivity index (χ2v) is 10.8. The van der Waals surface area contributed by atoms with Crippen LogP contribution in [0.1, 0.15) is 56.8 Å². The molecule has 9 nitrogen and oxygen atoms in total. The lowest BCUT2D eigenvalue weighted by molar-refractivity contribution is 0.0904. The zero-order valence-corrected chi connectivity index (χ0v) is 20.1. The van der Waals surface area contributed by atoms with Gasteiger partial charge in [0.25, 0.3) is 5.91 Å². The van der Waals surface area contributed by atoms with Crippen LogP contribution in [-0.4, -0.2) is 51.0 Å². The molecule has 1 aliphatic carbocycles. The van der Waals surface area contributed by atoms with Crippen molar-refractivity contribution >= 4 is 33.6 Å². The molecule has 3 aromatic rings. The smallest absolute Gasteiger partial charge is 0.252 e. The molecule has 10 heteroatoms. The predicted molar refractivity (Wildman–Crippen MR) is 130 cm³/mol. The van der Waals surface area contributed by atoms with Crippen LogP contribution in [0.4, 0.5) is 10.8 Å². The summed E-state index contributed by atoms with van der Waals surface area (Å²) in [6.07, 6.45) is 7.60. The van der Waals surface area contributed by atoms with Gasteiger partial charge in [0, 0.05) is 37.1 Å². The van der Waals surface area contributed by atoms with Crippen molar-refractivity contribution in [3.05, 3.63) is 24.0 Å². The van der Waals surface area contributed by atoms with Crippen molar-refractivity contribution in [3.8, 4) is 10.6 Å². The van der Waals surface area contributed by atoms with E-state index in [1.165, 1.54) is 11.3 Å². The third-order valence-corrected chi connectivity index (χ3v) is 8.40. The van der Waals surface area contributed by atoms with Gasteiger partial charge >= 0.3 is 0 Å². The largest absolute Gasteiger partial charge is 0.381 e. The third kappa shape index (κ3) is 4.17. The molecule has 3 aromatic heterocycles. The Morgan fingerprint density at radius 1 is 1.21 bits per heavy atom. The number of primary amides is 1. The molecule has 1 saturated heterocycles. The van der Waals surface area contributed by atoms with E-state index >= 15 is 0 Å². The highest BCUT2D eigenvalue weighted by Crippen LogP contribution is 2.44. The van der Waals surface area contributed by atoms with Crippen LogP contribution in [0.5, 0.6) is 0 Å². The van der Waals surface area contributed by atoms with Crippen molar-refractivity contribution in [3.63, 3.8) is 0 Å². The number of fused-ring (bicyclic) bond motifs is 1. The summed E-state index contributed by atoms with van der Waals surface area (Å²) in [5.41, 5.74) is 8.68. The standard InChI is InChI=1S/C23H31N7O2S/c1-13-4-5-18(23(13,2)3)27-19-16(20(24)31)11-25-30-12-14(10-17(19)30)21-28-29-22(33-21)26-15-6-8-32-9-7-15/h10-13,15,18,27H,4-9H2,1-3H3,(H2,24,31)(H,26,29)/t13-,18-/m1/s1. The number of aromatic nitrogens is 4. The summed E-state index contributed by atoms with van der Waals surface area (Å²) < 4.78 is 7.21. The zero-order valence-electron chi connectivity index (χ0n) is 19.3. The summed E-state index contributed by atoms with van der Waals surface area (Å²) in [5, 5.41) is 21.9. The predicted octanol–water partition coefficient (Wildman–Crippen LogP) is 3.78. The van der Waals surface area contributed by atoms with E-state index < -0.39 is 5.91 Å². The maximum atomic E-state index is 12.2. The fourth-order valence-electron chi connectivity index (χ4n) is 4.86. The number of ether oxygens (including phenoxy) is 1. The molecule has 0 spiro atoms. The molecule has 5 rings (SSSR count). The van der Waals surface area contributed by atoms with Gasteiger partial charge in [-0.3, -0.25) is 4.79 Å². The number of nitrogens with one attached hydrogen (secondary N) is 2. The molecule has 1 aliphatic heterocycles. The highest BCUT2D eigenvalue weighted by Gasteiger charge is 2.41. The number of rotatable bonds is 6. The Morgan fingerprint density at radius 3 is 2.70 bits per heavy atom. The summed E-state index contributed by atoms with van der Waals surface area (Å²) in [5.74, 6) is 0.105. The number of carbonyl (C=O) groups is 1. The minimum absolute atomic E-state index is 0.106. The number of hydrogen-bond donors (Lipinski definition) is 3. The SMILES string of the molecule is C[C@@H]1CC[C@@H](Nc2c(C(N)=O)cnn3cc(-c4nnc(NC5CCOCC5)s4)cc23)C1(C)C. The molecule has 1 saturated carbocycles. The highest BCUT2D eigenvalue weighted by atomic mass is 32.1. The van der Waals surface area contributed by atoms with E-state index in [2.05, 4.69) is 46.7 Å². The Balaban J connectivity index is 1.46. The van der Waals surface area contributed by atoms with E-state index in [1.807, 2.05) is 12.3 Å². The summed E-state index contributed by atoms with van der Waals surface area (Å²) in [6.45, 7) is 8.39. The number of anilines is 2. The summed E-state index contributed by atoms with van der Waals surface area (Å²) in [7, 11) is 0. The Kier molecular flexibility index (Phi) is 5.74. The summed E-state index contributed by atoms with van der Waals surface area (Å²) in [6, 6.07) is 2.61. The average molecular weight is 470 g/mol. The van der Waals surface area contributed by atoms with Crippen LogP contribution in [0.15, 0.2) is 18.5 Å². The molecule has 0 radical (unpaired) electrons. The van der Waals surface area contributed by atoms with Crippen molar-refractivity contribution in [2.45, 2.75) is 58.5 Å². The van der Waals surface area contributed by atoms with Gasteiger partial charge in [0.1, 0.15) is 0 Å². The molecule has 0 aromatic carbocycles. The number of amides is 1.